The minimum absolute atomic E-state index is 0.386. The Morgan fingerprint density at radius 2 is 1.72 bits per heavy atom. The third-order valence-electron chi connectivity index (χ3n) is 2.83. The first kappa shape index (κ1) is 12.7. The highest BCUT2D eigenvalue weighted by Crippen LogP contribution is 2.29. The summed E-state index contributed by atoms with van der Waals surface area (Å²) < 4.78 is 5.33. The van der Waals surface area contributed by atoms with Crippen molar-refractivity contribution in [2.24, 2.45) is 0 Å². The highest BCUT2D eigenvalue weighted by molar-refractivity contribution is 6.60. The summed E-state index contributed by atoms with van der Waals surface area (Å²) in [6.45, 7) is 1.91. The largest absolute Gasteiger partial charge is 0.496 e. The second kappa shape index (κ2) is 5.25. The summed E-state index contributed by atoms with van der Waals surface area (Å²) in [6, 6.07) is 13.4. The van der Waals surface area contributed by atoms with Gasteiger partial charge in [-0.05, 0) is 18.6 Å². The minimum atomic E-state index is -1.54. The third-order valence-corrected chi connectivity index (χ3v) is 2.83. The number of hydrogen-bond donors (Lipinski definition) is 2. The van der Waals surface area contributed by atoms with Crippen LogP contribution in [0.4, 0.5) is 0 Å². The zero-order valence-corrected chi connectivity index (χ0v) is 10.4. The van der Waals surface area contributed by atoms with Crippen molar-refractivity contribution in [3.8, 4) is 16.9 Å². The Hall–Kier alpha value is -1.78. The van der Waals surface area contributed by atoms with Crippen molar-refractivity contribution in [3.05, 3.63) is 48.0 Å². The molecule has 0 saturated carbocycles. The second-order valence-electron chi connectivity index (χ2n) is 4.17. The van der Waals surface area contributed by atoms with Crippen LogP contribution in [0, 0.1) is 6.92 Å². The summed E-state index contributed by atoms with van der Waals surface area (Å²) >= 11 is 0. The molecule has 0 fully saturated rings. The van der Waals surface area contributed by atoms with E-state index in [-0.39, 0.29) is 0 Å². The number of methoxy groups -OCH3 is 1. The summed E-state index contributed by atoms with van der Waals surface area (Å²) in [4.78, 5) is 0. The average molecular weight is 242 g/mol. The van der Waals surface area contributed by atoms with E-state index in [0.29, 0.717) is 11.2 Å². The molecule has 2 aromatic carbocycles. The molecular formula is C14H15BO3. The van der Waals surface area contributed by atoms with Crippen molar-refractivity contribution in [1.29, 1.82) is 0 Å². The van der Waals surface area contributed by atoms with Crippen LogP contribution < -0.4 is 10.2 Å². The number of aryl methyl sites for hydroxylation is 1. The van der Waals surface area contributed by atoms with Crippen molar-refractivity contribution in [1.82, 2.24) is 0 Å². The van der Waals surface area contributed by atoms with Crippen LogP contribution in [-0.4, -0.2) is 24.3 Å². The fourth-order valence-corrected chi connectivity index (χ4v) is 2.05. The molecule has 0 aliphatic carbocycles. The summed E-state index contributed by atoms with van der Waals surface area (Å²) in [5.41, 5.74) is 3.19. The SMILES string of the molecule is COc1c(B(O)O)cc(C)cc1-c1ccccc1. The van der Waals surface area contributed by atoms with Crippen LogP contribution in [0.2, 0.25) is 0 Å². The predicted octanol–water partition coefficient (Wildman–Crippen LogP) is 1.35. The summed E-state index contributed by atoms with van der Waals surface area (Å²) in [6.07, 6.45) is 0. The van der Waals surface area contributed by atoms with E-state index in [4.69, 9.17) is 4.74 Å². The molecule has 0 unspecified atom stereocenters. The monoisotopic (exact) mass is 242 g/mol. The average Bonchev–Trinajstić information content (AvgIpc) is 2.38. The van der Waals surface area contributed by atoms with Crippen molar-refractivity contribution >= 4 is 12.6 Å². The van der Waals surface area contributed by atoms with Gasteiger partial charge in [0.25, 0.3) is 0 Å². The fraction of sp³-hybridized carbons (Fsp3) is 0.143. The van der Waals surface area contributed by atoms with Gasteiger partial charge in [-0.3, -0.25) is 0 Å². The van der Waals surface area contributed by atoms with Crippen LogP contribution in [-0.2, 0) is 0 Å². The van der Waals surface area contributed by atoms with Crippen LogP contribution in [0.3, 0.4) is 0 Å². The Morgan fingerprint density at radius 1 is 1.06 bits per heavy atom. The molecule has 0 aliphatic rings. The standard InChI is InChI=1S/C14H15BO3/c1-10-8-12(11-6-4-3-5-7-11)14(18-2)13(9-10)15(16)17/h3-9,16-17H,1-2H3. The lowest BCUT2D eigenvalue weighted by molar-refractivity contribution is 0.404. The number of ether oxygens (including phenoxy) is 1. The Labute approximate surface area is 107 Å². The van der Waals surface area contributed by atoms with Gasteiger partial charge >= 0.3 is 7.12 Å². The fourth-order valence-electron chi connectivity index (χ4n) is 2.05. The molecule has 4 heteroatoms. The van der Waals surface area contributed by atoms with Crippen molar-refractivity contribution in [3.63, 3.8) is 0 Å². The molecule has 0 heterocycles. The quantitative estimate of drug-likeness (QED) is 0.799. The molecule has 3 nitrogen and oxygen atoms in total. The Bertz CT molecular complexity index is 538. The topological polar surface area (TPSA) is 49.7 Å². The lowest BCUT2D eigenvalue weighted by atomic mass is 9.77. The molecule has 0 saturated heterocycles. The maximum atomic E-state index is 9.41. The van der Waals surface area contributed by atoms with Crippen LogP contribution in [0.1, 0.15) is 5.56 Å². The first-order valence-electron chi connectivity index (χ1n) is 5.73. The van der Waals surface area contributed by atoms with Gasteiger partial charge in [0.2, 0.25) is 0 Å². The van der Waals surface area contributed by atoms with Crippen LogP contribution >= 0.6 is 0 Å². The van der Waals surface area contributed by atoms with Crippen LogP contribution in [0.25, 0.3) is 11.1 Å². The summed E-state index contributed by atoms with van der Waals surface area (Å²) in [7, 11) is -0.00878. The van der Waals surface area contributed by atoms with Crippen LogP contribution in [0.15, 0.2) is 42.5 Å². The van der Waals surface area contributed by atoms with Crippen LogP contribution in [0.5, 0.6) is 5.75 Å². The maximum absolute atomic E-state index is 9.41. The smallest absolute Gasteiger partial charge is 0.492 e. The lowest BCUT2D eigenvalue weighted by Gasteiger charge is -2.15. The Balaban J connectivity index is 2.67. The van der Waals surface area contributed by atoms with Gasteiger partial charge in [-0.25, -0.2) is 0 Å². The van der Waals surface area contributed by atoms with Crippen molar-refractivity contribution < 1.29 is 14.8 Å². The van der Waals surface area contributed by atoms with Crippen molar-refractivity contribution in [2.75, 3.05) is 7.11 Å². The molecule has 0 bridgehead atoms. The molecule has 0 spiro atoms. The molecule has 0 aliphatic heterocycles. The Kier molecular flexibility index (Phi) is 3.70. The van der Waals surface area contributed by atoms with Gasteiger partial charge in [-0.15, -0.1) is 0 Å². The minimum Gasteiger partial charge on any atom is -0.496 e. The first-order valence-corrected chi connectivity index (χ1v) is 5.73. The molecule has 18 heavy (non-hydrogen) atoms. The maximum Gasteiger partial charge on any atom is 0.492 e. The van der Waals surface area contributed by atoms with E-state index in [2.05, 4.69) is 0 Å². The van der Waals surface area contributed by atoms with E-state index in [1.165, 1.54) is 7.11 Å². The lowest BCUT2D eigenvalue weighted by Crippen LogP contribution is -2.31. The van der Waals surface area contributed by atoms with E-state index < -0.39 is 7.12 Å². The molecule has 2 N–H and O–H groups in total. The summed E-state index contributed by atoms with van der Waals surface area (Å²) in [5, 5.41) is 18.8. The van der Waals surface area contributed by atoms with Gasteiger partial charge < -0.3 is 14.8 Å². The highest BCUT2D eigenvalue weighted by Gasteiger charge is 2.20. The van der Waals surface area contributed by atoms with E-state index in [9.17, 15) is 10.0 Å². The van der Waals surface area contributed by atoms with Gasteiger partial charge in [-0.1, -0.05) is 42.0 Å². The van der Waals surface area contributed by atoms with Gasteiger partial charge in [-0.2, -0.15) is 0 Å². The van der Waals surface area contributed by atoms with E-state index >= 15 is 0 Å². The molecule has 0 amide bonds. The van der Waals surface area contributed by atoms with Gasteiger partial charge in [0, 0.05) is 11.0 Å². The first-order chi connectivity index (χ1) is 8.63. The zero-order valence-electron chi connectivity index (χ0n) is 10.4. The molecule has 0 radical (unpaired) electrons. The van der Waals surface area contributed by atoms with E-state index in [1.807, 2.05) is 43.3 Å². The van der Waals surface area contributed by atoms with Gasteiger partial charge in [0.1, 0.15) is 5.75 Å². The van der Waals surface area contributed by atoms with Gasteiger partial charge in [0.05, 0.1) is 7.11 Å². The number of rotatable bonds is 3. The predicted molar refractivity (Wildman–Crippen MR) is 73.0 cm³/mol. The number of hydrogen-bond acceptors (Lipinski definition) is 3. The zero-order chi connectivity index (χ0) is 13.1. The molecule has 0 aromatic heterocycles. The summed E-state index contributed by atoms with van der Waals surface area (Å²) in [5.74, 6) is 0.502. The highest BCUT2D eigenvalue weighted by atomic mass is 16.5. The van der Waals surface area contributed by atoms with Gasteiger partial charge in [0.15, 0.2) is 0 Å². The molecule has 92 valence electrons. The number of benzene rings is 2. The normalized spacial score (nSPS) is 10.2. The second-order valence-corrected chi connectivity index (χ2v) is 4.17. The molecule has 2 rings (SSSR count). The Morgan fingerprint density at radius 3 is 2.28 bits per heavy atom. The van der Waals surface area contributed by atoms with E-state index in [0.717, 1.165) is 16.7 Å². The van der Waals surface area contributed by atoms with E-state index in [1.54, 1.807) is 6.07 Å². The third kappa shape index (κ3) is 2.40. The molecular weight excluding hydrogens is 227 g/mol. The van der Waals surface area contributed by atoms with Crippen molar-refractivity contribution in [2.45, 2.75) is 6.92 Å². The molecule has 0 atom stereocenters. The molecule has 2 aromatic rings.